The summed E-state index contributed by atoms with van der Waals surface area (Å²) < 4.78 is 0. The maximum atomic E-state index is 15.0. The Labute approximate surface area is 509 Å². The number of likely N-dealkylation sites (N-methyl/N-ethyl adjacent to an activating group) is 2. The summed E-state index contributed by atoms with van der Waals surface area (Å²) in [5, 5.41) is 18.1. The van der Waals surface area contributed by atoms with Crippen LogP contribution in [0.4, 0.5) is 0 Å². The largest absolute Gasteiger partial charge is 0.349 e. The van der Waals surface area contributed by atoms with Gasteiger partial charge in [0.05, 0.1) is 49.3 Å². The molecule has 5 saturated heterocycles. The van der Waals surface area contributed by atoms with E-state index in [1.165, 1.54) is 59.7 Å². The summed E-state index contributed by atoms with van der Waals surface area (Å²) in [5.41, 5.74) is 0.990. The fourth-order valence-corrected chi connectivity index (χ4v) is 12.3. The van der Waals surface area contributed by atoms with E-state index in [4.69, 9.17) is 0 Å². The fraction of sp³-hybridized carbons (Fsp3) is 0.516. The van der Waals surface area contributed by atoms with Crippen molar-refractivity contribution < 1.29 is 57.5 Å². The Kier molecular flexibility index (Phi) is 20.6. The number of benzene rings is 2. The summed E-state index contributed by atoms with van der Waals surface area (Å²) in [4.78, 5) is 188. The minimum atomic E-state index is -1.48. The molecule has 2 aromatic heterocycles. The zero-order valence-electron chi connectivity index (χ0n) is 50.2. The molecule has 0 spiro atoms. The van der Waals surface area contributed by atoms with Crippen molar-refractivity contribution in [3.05, 3.63) is 84.2 Å². The molecule has 7 heterocycles. The van der Waals surface area contributed by atoms with Gasteiger partial charge < -0.3 is 61.3 Å². The van der Waals surface area contributed by atoms with E-state index in [9.17, 15) is 47.9 Å². The molecule has 5 aliphatic heterocycles. The number of nitrogens with zero attached hydrogens (tertiary/aromatic N) is 8. The highest BCUT2D eigenvalue weighted by molar-refractivity contribution is 6.02. The predicted octanol–water partition coefficient (Wildman–Crippen LogP) is 0.377. The number of nitrogens with one attached hydrogen (secondary N) is 6. The van der Waals surface area contributed by atoms with Gasteiger partial charge in [0.2, 0.25) is 59.1 Å². The van der Waals surface area contributed by atoms with Crippen molar-refractivity contribution in [3.63, 3.8) is 0 Å². The minimum absolute atomic E-state index is 0.0212. The number of para-hydroxylation sites is 2. The lowest BCUT2D eigenvalue weighted by atomic mass is 9.97. The molecule has 2 aromatic carbocycles. The average Bonchev–Trinajstić information content (AvgIpc) is 2.03. The Morgan fingerprint density at radius 3 is 1.15 bits per heavy atom. The van der Waals surface area contributed by atoms with Crippen LogP contribution in [0.2, 0.25) is 0 Å². The van der Waals surface area contributed by atoms with Crippen LogP contribution in [-0.4, -0.2) is 225 Å². The number of pyridine rings is 2. The fourth-order valence-electron chi connectivity index (χ4n) is 12.3. The van der Waals surface area contributed by atoms with Crippen LogP contribution in [-0.2, 0) is 47.9 Å². The van der Waals surface area contributed by atoms with Crippen LogP contribution in [0.25, 0.3) is 21.8 Å². The molecule has 0 aliphatic carbocycles. The highest BCUT2D eigenvalue weighted by Crippen LogP contribution is 2.25. The van der Waals surface area contributed by atoms with E-state index in [-0.39, 0.29) is 63.3 Å². The topological polar surface area (TPSA) is 322 Å². The van der Waals surface area contributed by atoms with Crippen molar-refractivity contribution in [2.75, 3.05) is 66.5 Å². The van der Waals surface area contributed by atoms with E-state index in [0.29, 0.717) is 62.4 Å². The van der Waals surface area contributed by atoms with E-state index in [0.717, 1.165) is 20.6 Å². The van der Waals surface area contributed by atoms with Crippen LogP contribution in [0, 0.1) is 0 Å². The third-order valence-corrected chi connectivity index (χ3v) is 17.4. The van der Waals surface area contributed by atoms with Crippen LogP contribution in [0.3, 0.4) is 0 Å². The van der Waals surface area contributed by atoms with Gasteiger partial charge in [0, 0.05) is 51.0 Å². The van der Waals surface area contributed by atoms with Gasteiger partial charge in [-0.25, -0.2) is 9.97 Å². The molecular weight excluding hydrogens is 1130 g/mol. The molecule has 0 unspecified atom stereocenters. The number of rotatable bonds is 4. The molecule has 5 fully saturated rings. The van der Waals surface area contributed by atoms with Crippen LogP contribution in [0.1, 0.15) is 112 Å². The van der Waals surface area contributed by atoms with Crippen molar-refractivity contribution in [2.24, 2.45) is 0 Å². The summed E-state index contributed by atoms with van der Waals surface area (Å²) in [7, 11) is 2.75. The number of amides is 12. The molecule has 4 aromatic rings. The quantitative estimate of drug-likeness (QED) is 0.161. The Morgan fingerprint density at radius 2 is 0.773 bits per heavy atom. The molecule has 6 N–H and O–H groups in total. The zero-order chi connectivity index (χ0) is 62.8. The highest BCUT2D eigenvalue weighted by atomic mass is 16.2. The van der Waals surface area contributed by atoms with E-state index in [1.54, 1.807) is 36.4 Å². The molecule has 26 heteroatoms. The Hall–Kier alpha value is -9.10. The summed E-state index contributed by atoms with van der Waals surface area (Å²) in [5.74, 6) is -7.98. The van der Waals surface area contributed by atoms with Crippen LogP contribution in [0.15, 0.2) is 72.8 Å². The van der Waals surface area contributed by atoms with Crippen molar-refractivity contribution in [1.82, 2.24) is 71.3 Å². The van der Waals surface area contributed by atoms with Crippen LogP contribution < -0.4 is 31.9 Å². The second-order valence-electron chi connectivity index (χ2n) is 23.5. The van der Waals surface area contributed by atoms with Gasteiger partial charge in [-0.1, -0.05) is 48.5 Å². The summed E-state index contributed by atoms with van der Waals surface area (Å²) in [6, 6.07) is 11.1. The number of carbonyl (C=O) groups is 12. The van der Waals surface area contributed by atoms with Crippen molar-refractivity contribution >= 4 is 92.7 Å². The molecule has 26 nitrogen and oxygen atoms in total. The lowest BCUT2D eigenvalue weighted by Crippen LogP contribution is -2.64. The normalized spacial score (nSPS) is 26.0. The van der Waals surface area contributed by atoms with E-state index >= 15 is 9.59 Å². The van der Waals surface area contributed by atoms with Gasteiger partial charge in [-0.05, 0) is 115 Å². The Balaban J connectivity index is 0.988. The lowest BCUT2D eigenvalue weighted by Gasteiger charge is -2.40. The first-order valence-electron chi connectivity index (χ1n) is 30.4. The van der Waals surface area contributed by atoms with Gasteiger partial charge in [-0.15, -0.1) is 0 Å². The predicted molar refractivity (Wildman–Crippen MR) is 320 cm³/mol. The van der Waals surface area contributed by atoms with Gasteiger partial charge in [0.1, 0.15) is 47.6 Å². The Morgan fingerprint density at radius 1 is 0.432 bits per heavy atom. The Bertz CT molecular complexity index is 3150. The molecule has 12 amide bonds. The SMILES string of the molecule is C[C@H]1NC(=O)[C@@H]2CCCCN2C(=O)CN(C)C(=O)CNC(=O)[C@@H]2CCCCN2C(=O)[C@H](NC(=O)c2ccc3ccccc3n2)[C@@H](C)NC(=O)[C@@H]2CCCCN2C(=O)CN(C)C(=O)CNC(=O)[C@@H]2CCCCN2C(=O)[C@@H]1NC(=O)c1ccc2ccccc2n1. The molecule has 8 atom stereocenters. The van der Waals surface area contributed by atoms with E-state index in [2.05, 4.69) is 41.9 Å². The number of carbonyl (C=O) groups excluding carboxylic acids is 12. The number of aromatic nitrogens is 2. The minimum Gasteiger partial charge on any atom is -0.349 e. The molecule has 0 radical (unpaired) electrons. The maximum absolute atomic E-state index is 15.0. The summed E-state index contributed by atoms with van der Waals surface area (Å²) in [6.07, 6.45) is 5.08. The first kappa shape index (κ1) is 63.4. The van der Waals surface area contributed by atoms with Gasteiger partial charge in [-0.2, -0.15) is 0 Å². The van der Waals surface area contributed by atoms with Crippen molar-refractivity contribution in [3.8, 4) is 0 Å². The van der Waals surface area contributed by atoms with Gasteiger partial charge >= 0.3 is 0 Å². The molecule has 88 heavy (non-hydrogen) atoms. The maximum Gasteiger partial charge on any atom is 0.270 e. The van der Waals surface area contributed by atoms with E-state index in [1.807, 2.05) is 24.3 Å². The smallest absolute Gasteiger partial charge is 0.270 e. The van der Waals surface area contributed by atoms with Crippen molar-refractivity contribution in [2.45, 2.75) is 139 Å². The van der Waals surface area contributed by atoms with Crippen LogP contribution in [0.5, 0.6) is 0 Å². The third kappa shape index (κ3) is 14.8. The monoisotopic (exact) mass is 1210 g/mol. The summed E-state index contributed by atoms with van der Waals surface area (Å²) in [6.45, 7) is 1.41. The average molecular weight is 1210 g/mol. The molecule has 0 saturated carbocycles. The first-order chi connectivity index (χ1) is 42.3. The molecular formula is C62H78N14O12. The number of piperidine rings is 4. The lowest BCUT2D eigenvalue weighted by molar-refractivity contribution is -0.148. The summed E-state index contributed by atoms with van der Waals surface area (Å²) >= 11 is 0. The number of hydrogen-bond donors (Lipinski definition) is 6. The number of fused-ring (bicyclic) bond motifs is 6. The van der Waals surface area contributed by atoms with Crippen LogP contribution >= 0.6 is 0 Å². The molecule has 5 aliphatic rings. The van der Waals surface area contributed by atoms with Gasteiger partial charge in [0.15, 0.2) is 0 Å². The number of hydrogen-bond acceptors (Lipinski definition) is 14. The second kappa shape index (κ2) is 28.6. The first-order valence-corrected chi connectivity index (χ1v) is 30.4. The van der Waals surface area contributed by atoms with Gasteiger partial charge in [-0.3, -0.25) is 57.5 Å². The molecule has 9 rings (SSSR count). The standard InChI is InChI=1S/C62H78N14O12/c1-37-53(69-55(81)43-27-25-39-17-5-7-19-41(39)67-43)61(87)75-31-15-11-21-45(75)57(83)63-33-49(77)72(4)36-52(80)74-30-14-10-24-48(74)60(86)66-38(2)54(70-56(82)44-28-26-40-18-6-8-20-42(40)68-44)62(88)76-32-16-12-22-46(76)58(84)64-34-50(78)71(3)35-51(79)73-29-13-9-23-47(73)59(85)65-37/h5-8,17-20,25-28,37-38,45-48,53-54H,9-16,21-24,29-36H2,1-4H3,(H,63,83)(H,64,84)(H,65,85)(H,66,86)(H,69,81)(H,70,82)/t37-,38-,45+,46+,47+,48+,53-,54-/m1/s1. The van der Waals surface area contributed by atoms with Crippen molar-refractivity contribution in [1.29, 1.82) is 0 Å². The van der Waals surface area contributed by atoms with Gasteiger partial charge in [0.25, 0.3) is 11.8 Å². The second-order valence-corrected chi connectivity index (χ2v) is 23.5. The molecule has 468 valence electrons. The third-order valence-electron chi connectivity index (χ3n) is 17.4. The zero-order valence-corrected chi connectivity index (χ0v) is 50.2. The van der Waals surface area contributed by atoms with E-state index < -0.39 is 145 Å². The highest BCUT2D eigenvalue weighted by Gasteiger charge is 2.44. The molecule has 0 bridgehead atoms.